The minimum Gasteiger partial charge on any atom is -0.484 e. The van der Waals surface area contributed by atoms with Crippen molar-refractivity contribution in [3.63, 3.8) is 0 Å². The van der Waals surface area contributed by atoms with E-state index in [1.807, 2.05) is 25.1 Å². The summed E-state index contributed by atoms with van der Waals surface area (Å²) in [6.07, 6.45) is -4.37. The van der Waals surface area contributed by atoms with Gasteiger partial charge in [0.15, 0.2) is 12.6 Å². The molecule has 0 unspecified atom stereocenters. The number of hydrogen-bond donors (Lipinski definition) is 3. The van der Waals surface area contributed by atoms with E-state index in [0.29, 0.717) is 18.2 Å². The molecular formula is C20H24F3IN4O2. The second kappa shape index (κ2) is 12.9. The Morgan fingerprint density at radius 2 is 1.70 bits per heavy atom. The van der Waals surface area contributed by atoms with Gasteiger partial charge < -0.3 is 20.7 Å². The lowest BCUT2D eigenvalue weighted by Crippen LogP contribution is -2.41. The molecule has 0 saturated heterocycles. The van der Waals surface area contributed by atoms with Gasteiger partial charge in [-0.15, -0.1) is 24.0 Å². The van der Waals surface area contributed by atoms with Crippen molar-refractivity contribution in [1.29, 1.82) is 0 Å². The van der Waals surface area contributed by atoms with Crippen molar-refractivity contribution in [2.75, 3.05) is 25.0 Å². The summed E-state index contributed by atoms with van der Waals surface area (Å²) in [5, 5.41) is 8.73. The molecule has 0 saturated carbocycles. The van der Waals surface area contributed by atoms with E-state index in [9.17, 15) is 18.0 Å². The van der Waals surface area contributed by atoms with Crippen molar-refractivity contribution in [3.05, 3.63) is 60.2 Å². The number of halogens is 4. The van der Waals surface area contributed by atoms with Gasteiger partial charge in [-0.3, -0.25) is 4.79 Å². The molecule has 0 bridgehead atoms. The van der Waals surface area contributed by atoms with E-state index in [1.165, 1.54) is 12.1 Å². The highest BCUT2D eigenvalue weighted by Crippen LogP contribution is 2.19. The number of benzene rings is 2. The first-order chi connectivity index (χ1) is 13.9. The van der Waals surface area contributed by atoms with Gasteiger partial charge in [-0.1, -0.05) is 30.3 Å². The van der Waals surface area contributed by atoms with Crippen LogP contribution in [0.1, 0.15) is 12.5 Å². The minimum absolute atomic E-state index is 0. The summed E-state index contributed by atoms with van der Waals surface area (Å²) in [5.74, 6) is 0.374. The number of carbonyl (C=O) groups is 1. The van der Waals surface area contributed by atoms with Crippen LogP contribution < -0.4 is 20.7 Å². The van der Waals surface area contributed by atoms with Crippen molar-refractivity contribution in [2.24, 2.45) is 4.99 Å². The molecule has 2 aromatic carbocycles. The molecule has 0 spiro atoms. The molecule has 2 rings (SSSR count). The first kappa shape index (κ1) is 25.5. The second-order valence-corrected chi connectivity index (χ2v) is 6.01. The van der Waals surface area contributed by atoms with Crippen molar-refractivity contribution < 1.29 is 22.7 Å². The summed E-state index contributed by atoms with van der Waals surface area (Å²) in [6, 6.07) is 15.3. The molecule has 0 aliphatic heterocycles. The number of nitrogens with one attached hydrogen (secondary N) is 3. The van der Waals surface area contributed by atoms with Gasteiger partial charge in [-0.2, -0.15) is 13.2 Å². The van der Waals surface area contributed by atoms with Crippen molar-refractivity contribution in [1.82, 2.24) is 10.6 Å². The molecule has 30 heavy (non-hydrogen) atoms. The molecule has 0 heterocycles. The summed E-state index contributed by atoms with van der Waals surface area (Å²) in [5.41, 5.74) is 1.49. The van der Waals surface area contributed by atoms with Gasteiger partial charge in [-0.05, 0) is 36.8 Å². The number of ether oxygens (including phenoxy) is 1. The maximum atomic E-state index is 12.2. The number of alkyl halides is 3. The largest absolute Gasteiger partial charge is 0.484 e. The van der Waals surface area contributed by atoms with Crippen LogP contribution in [0.25, 0.3) is 0 Å². The molecule has 164 valence electrons. The third-order valence-corrected chi connectivity index (χ3v) is 3.56. The minimum atomic E-state index is -4.37. The van der Waals surface area contributed by atoms with E-state index in [0.717, 1.165) is 5.56 Å². The number of nitrogens with zero attached hydrogens (tertiary/aromatic N) is 1. The third-order valence-electron chi connectivity index (χ3n) is 3.56. The Hall–Kier alpha value is -2.50. The standard InChI is InChI=1S/C20H23F3N4O2.HI/c1-2-24-19(26-13-18(28)27-16-6-4-3-5-7-16)25-12-15-8-10-17(11-9-15)29-14-20(21,22)23;/h3-11H,2,12-14H2,1H3,(H,27,28)(H2,24,25,26);1H. The van der Waals surface area contributed by atoms with E-state index in [4.69, 9.17) is 0 Å². The van der Waals surface area contributed by atoms with Gasteiger partial charge in [0, 0.05) is 12.2 Å². The lowest BCUT2D eigenvalue weighted by molar-refractivity contribution is -0.153. The zero-order chi connectivity index (χ0) is 21.1. The van der Waals surface area contributed by atoms with Gasteiger partial charge in [0.1, 0.15) is 5.75 Å². The molecule has 2 aromatic rings. The van der Waals surface area contributed by atoms with Crippen LogP contribution in [0.5, 0.6) is 5.75 Å². The predicted molar refractivity (Wildman–Crippen MR) is 121 cm³/mol. The van der Waals surface area contributed by atoms with Crippen molar-refractivity contribution in [3.8, 4) is 5.75 Å². The lowest BCUT2D eigenvalue weighted by Gasteiger charge is -2.12. The SMILES string of the molecule is CCNC(=NCc1ccc(OCC(F)(F)F)cc1)NCC(=O)Nc1ccccc1.I. The number of amides is 1. The first-order valence-electron chi connectivity index (χ1n) is 9.01. The van der Waals surface area contributed by atoms with Gasteiger partial charge in [0.25, 0.3) is 0 Å². The van der Waals surface area contributed by atoms with Crippen LogP contribution in [0.3, 0.4) is 0 Å². The zero-order valence-corrected chi connectivity index (χ0v) is 18.7. The number of guanidine groups is 1. The molecule has 3 N–H and O–H groups in total. The molecular weight excluding hydrogens is 512 g/mol. The number of para-hydroxylation sites is 1. The molecule has 0 fully saturated rings. The Balaban J connectivity index is 0.00000450. The molecule has 0 aromatic heterocycles. The Morgan fingerprint density at radius 3 is 2.30 bits per heavy atom. The van der Waals surface area contributed by atoms with Crippen molar-refractivity contribution >= 4 is 41.5 Å². The van der Waals surface area contributed by atoms with Crippen LogP contribution in [0.15, 0.2) is 59.6 Å². The Labute approximate surface area is 190 Å². The fourth-order valence-corrected chi connectivity index (χ4v) is 2.26. The summed E-state index contributed by atoms with van der Waals surface area (Å²) < 4.78 is 41.2. The van der Waals surface area contributed by atoms with Crippen LogP contribution in [0.4, 0.5) is 18.9 Å². The van der Waals surface area contributed by atoms with Crippen LogP contribution in [-0.2, 0) is 11.3 Å². The maximum absolute atomic E-state index is 12.2. The molecule has 0 radical (unpaired) electrons. The highest BCUT2D eigenvalue weighted by molar-refractivity contribution is 14.0. The average molecular weight is 536 g/mol. The Bertz CT molecular complexity index is 800. The molecule has 0 aliphatic carbocycles. The monoisotopic (exact) mass is 536 g/mol. The molecule has 0 aliphatic rings. The van der Waals surface area contributed by atoms with E-state index in [2.05, 4.69) is 25.7 Å². The fraction of sp³-hybridized carbons (Fsp3) is 0.300. The van der Waals surface area contributed by atoms with Crippen LogP contribution in [0.2, 0.25) is 0 Å². The highest BCUT2D eigenvalue weighted by atomic mass is 127. The number of anilines is 1. The number of aliphatic imine (C=N–C) groups is 1. The quantitative estimate of drug-likeness (QED) is 0.272. The van der Waals surface area contributed by atoms with E-state index < -0.39 is 12.8 Å². The topological polar surface area (TPSA) is 74.8 Å². The summed E-state index contributed by atoms with van der Waals surface area (Å²) in [7, 11) is 0. The summed E-state index contributed by atoms with van der Waals surface area (Å²) in [6.45, 7) is 1.49. The fourth-order valence-electron chi connectivity index (χ4n) is 2.26. The molecule has 1 amide bonds. The number of hydrogen-bond acceptors (Lipinski definition) is 3. The highest BCUT2D eigenvalue weighted by Gasteiger charge is 2.28. The van der Waals surface area contributed by atoms with E-state index >= 15 is 0 Å². The first-order valence-corrected chi connectivity index (χ1v) is 9.01. The van der Waals surface area contributed by atoms with Gasteiger partial charge in [0.2, 0.25) is 5.91 Å². The van der Waals surface area contributed by atoms with Gasteiger partial charge in [0.05, 0.1) is 13.1 Å². The molecule has 6 nitrogen and oxygen atoms in total. The maximum Gasteiger partial charge on any atom is 0.422 e. The average Bonchev–Trinajstić information content (AvgIpc) is 2.69. The number of carbonyl (C=O) groups excluding carboxylic acids is 1. The van der Waals surface area contributed by atoms with Crippen LogP contribution >= 0.6 is 24.0 Å². The zero-order valence-electron chi connectivity index (χ0n) is 16.3. The molecule has 10 heteroatoms. The predicted octanol–water partition coefficient (Wildman–Crippen LogP) is 3.94. The normalized spacial score (nSPS) is 11.3. The van der Waals surface area contributed by atoms with Gasteiger partial charge in [-0.25, -0.2) is 4.99 Å². The van der Waals surface area contributed by atoms with Gasteiger partial charge >= 0.3 is 6.18 Å². The second-order valence-electron chi connectivity index (χ2n) is 6.01. The molecule has 0 atom stereocenters. The Kier molecular flexibility index (Phi) is 11.0. The van der Waals surface area contributed by atoms with Crippen LogP contribution in [0, 0.1) is 0 Å². The number of rotatable bonds is 8. The third kappa shape index (κ3) is 10.3. The lowest BCUT2D eigenvalue weighted by atomic mass is 10.2. The van der Waals surface area contributed by atoms with E-state index in [-0.39, 0.29) is 48.7 Å². The Morgan fingerprint density at radius 1 is 1.03 bits per heavy atom. The summed E-state index contributed by atoms with van der Waals surface area (Å²) >= 11 is 0. The summed E-state index contributed by atoms with van der Waals surface area (Å²) in [4.78, 5) is 16.4. The van der Waals surface area contributed by atoms with Crippen molar-refractivity contribution in [2.45, 2.75) is 19.6 Å². The van der Waals surface area contributed by atoms with Crippen LogP contribution in [-0.4, -0.2) is 37.7 Å². The van der Waals surface area contributed by atoms with E-state index in [1.54, 1.807) is 24.3 Å². The smallest absolute Gasteiger partial charge is 0.422 e.